The predicted molar refractivity (Wildman–Crippen MR) is 42.9 cm³/mol. The topological polar surface area (TPSA) is 61.3 Å². The van der Waals surface area contributed by atoms with Crippen molar-refractivity contribution in [3.8, 4) is 0 Å². The first-order valence-corrected chi connectivity index (χ1v) is 2.33. The Labute approximate surface area is 67.9 Å². The summed E-state index contributed by atoms with van der Waals surface area (Å²) in [5, 5.41) is 0. The van der Waals surface area contributed by atoms with Crippen LogP contribution in [0.1, 0.15) is 6.92 Å². The minimum Gasteiger partial charge on any atom is -0.330 e. The molecule has 0 bridgehead atoms. The summed E-state index contributed by atoms with van der Waals surface area (Å²) in [7, 11) is 0. The second-order valence-electron chi connectivity index (χ2n) is 1.67. The summed E-state index contributed by atoms with van der Waals surface area (Å²) >= 11 is 0. The lowest BCUT2D eigenvalue weighted by Gasteiger charge is -2.02. The molecule has 4 N–H and O–H groups in total. The largest absolute Gasteiger partial charge is 0.330 e. The first-order valence-electron chi connectivity index (χ1n) is 2.33. The second-order valence-corrected chi connectivity index (χ2v) is 1.67. The van der Waals surface area contributed by atoms with E-state index in [2.05, 4.69) is 4.84 Å². The Bertz CT molecular complexity index is 47.5. The maximum Gasteiger partial charge on any atom is 0.0716 e. The highest BCUT2D eigenvalue weighted by molar-refractivity contribution is 5.85. The van der Waals surface area contributed by atoms with E-state index in [1.165, 1.54) is 0 Å². The third-order valence-corrected chi connectivity index (χ3v) is 0.783. The van der Waals surface area contributed by atoms with Crippen LogP contribution in [0.2, 0.25) is 0 Å². The summed E-state index contributed by atoms with van der Waals surface area (Å²) in [5.41, 5.74) is 5.22. The van der Waals surface area contributed by atoms with Crippen LogP contribution in [0.25, 0.3) is 0 Å². The van der Waals surface area contributed by atoms with Gasteiger partial charge in [0.25, 0.3) is 0 Å². The van der Waals surface area contributed by atoms with Crippen LogP contribution in [0.5, 0.6) is 0 Å². The van der Waals surface area contributed by atoms with Crippen LogP contribution in [0.3, 0.4) is 0 Å². The predicted octanol–water partition coefficient (Wildman–Crippen LogP) is 0.315. The summed E-state index contributed by atoms with van der Waals surface area (Å²) in [6.07, 6.45) is 0. The second kappa shape index (κ2) is 11.3. The zero-order chi connectivity index (χ0) is 5.70. The van der Waals surface area contributed by atoms with Crippen LogP contribution in [0.15, 0.2) is 0 Å². The van der Waals surface area contributed by atoms with E-state index in [4.69, 9.17) is 11.6 Å². The molecule has 1 unspecified atom stereocenters. The number of hydrogen-bond donors (Lipinski definition) is 2. The van der Waals surface area contributed by atoms with Gasteiger partial charge in [-0.1, -0.05) is 6.92 Å². The Hall–Kier alpha value is 0.460. The monoisotopic (exact) mass is 176 g/mol. The molecule has 3 nitrogen and oxygen atoms in total. The summed E-state index contributed by atoms with van der Waals surface area (Å²) in [5.74, 6) is 5.13. The lowest BCUT2D eigenvalue weighted by Crippen LogP contribution is -2.18. The molecule has 0 amide bonds. The maximum atomic E-state index is 5.22. The third kappa shape index (κ3) is 11.8. The van der Waals surface area contributed by atoms with Gasteiger partial charge in [-0.25, -0.2) is 5.90 Å². The van der Waals surface area contributed by atoms with Crippen molar-refractivity contribution in [3.05, 3.63) is 0 Å². The van der Waals surface area contributed by atoms with E-state index in [-0.39, 0.29) is 24.8 Å². The molecule has 0 spiro atoms. The van der Waals surface area contributed by atoms with Gasteiger partial charge in [-0.2, -0.15) is 0 Å². The quantitative estimate of drug-likeness (QED) is 0.610. The van der Waals surface area contributed by atoms with Gasteiger partial charge in [0.1, 0.15) is 0 Å². The number of hydrogen-bond acceptors (Lipinski definition) is 3. The first-order chi connectivity index (χ1) is 3.31. The normalized spacial score (nSPS) is 11.0. The van der Waals surface area contributed by atoms with Crippen molar-refractivity contribution in [2.45, 2.75) is 6.92 Å². The highest BCUT2D eigenvalue weighted by atomic mass is 35.5. The minimum absolute atomic E-state index is 0. The highest BCUT2D eigenvalue weighted by Gasteiger charge is 1.94. The van der Waals surface area contributed by atoms with Gasteiger partial charge in [0, 0.05) is 0 Å². The van der Waals surface area contributed by atoms with Crippen molar-refractivity contribution in [3.63, 3.8) is 0 Å². The van der Waals surface area contributed by atoms with Crippen molar-refractivity contribution in [1.82, 2.24) is 0 Å². The van der Waals surface area contributed by atoms with E-state index in [1.54, 1.807) is 0 Å². The Kier molecular flexibility index (Phi) is 20.3. The molecule has 0 fully saturated rings. The molecule has 0 radical (unpaired) electrons. The average Bonchev–Trinajstić information content (AvgIpc) is 1.68. The van der Waals surface area contributed by atoms with Gasteiger partial charge in [-0.15, -0.1) is 24.8 Å². The van der Waals surface area contributed by atoms with Gasteiger partial charge in [0.05, 0.1) is 6.61 Å². The molecule has 0 saturated carbocycles. The van der Waals surface area contributed by atoms with Gasteiger partial charge >= 0.3 is 0 Å². The van der Waals surface area contributed by atoms with Crippen LogP contribution < -0.4 is 11.6 Å². The van der Waals surface area contributed by atoms with Gasteiger partial charge < -0.3 is 10.6 Å². The fourth-order valence-electron chi connectivity index (χ4n) is 0.232. The van der Waals surface area contributed by atoms with Crippen LogP contribution >= 0.6 is 24.8 Å². The highest BCUT2D eigenvalue weighted by Crippen LogP contribution is 1.86. The van der Waals surface area contributed by atoms with E-state index in [0.29, 0.717) is 19.1 Å². The summed E-state index contributed by atoms with van der Waals surface area (Å²) in [6, 6.07) is 0. The molecule has 1 atom stereocenters. The van der Waals surface area contributed by atoms with E-state index in [1.807, 2.05) is 6.92 Å². The molecular formula is C4H14Cl2N2O. The number of rotatable bonds is 3. The molecule has 5 heteroatoms. The van der Waals surface area contributed by atoms with Crippen LogP contribution in [-0.4, -0.2) is 13.2 Å². The summed E-state index contributed by atoms with van der Waals surface area (Å²) in [6.45, 7) is 3.17. The first kappa shape index (κ1) is 16.2. The molecule has 0 aliphatic rings. The van der Waals surface area contributed by atoms with E-state index in [0.717, 1.165) is 0 Å². The standard InChI is InChI=1S/C4H12N2O.2ClH/c1-4(2-5)3-7-6;;/h4H,2-3,5-6H2,1H3;2*1H. The Morgan fingerprint density at radius 3 is 2.00 bits per heavy atom. The fraction of sp³-hybridized carbons (Fsp3) is 1.00. The smallest absolute Gasteiger partial charge is 0.0716 e. The van der Waals surface area contributed by atoms with Gasteiger partial charge in [0.15, 0.2) is 0 Å². The zero-order valence-electron chi connectivity index (χ0n) is 5.37. The molecule has 0 aromatic carbocycles. The van der Waals surface area contributed by atoms with Crippen LogP contribution in [-0.2, 0) is 4.84 Å². The van der Waals surface area contributed by atoms with Gasteiger partial charge in [-0.3, -0.25) is 0 Å². The van der Waals surface area contributed by atoms with Crippen molar-refractivity contribution >= 4 is 24.8 Å². The van der Waals surface area contributed by atoms with Gasteiger partial charge in [-0.05, 0) is 12.5 Å². The van der Waals surface area contributed by atoms with Crippen LogP contribution in [0.4, 0.5) is 0 Å². The zero-order valence-corrected chi connectivity index (χ0v) is 7.00. The molecule has 0 aromatic rings. The van der Waals surface area contributed by atoms with E-state index >= 15 is 0 Å². The lowest BCUT2D eigenvalue weighted by atomic mass is 10.2. The van der Waals surface area contributed by atoms with Crippen molar-refractivity contribution < 1.29 is 4.84 Å². The Morgan fingerprint density at radius 1 is 1.44 bits per heavy atom. The summed E-state index contributed by atoms with van der Waals surface area (Å²) < 4.78 is 0. The van der Waals surface area contributed by atoms with Crippen molar-refractivity contribution in [2.24, 2.45) is 17.5 Å². The molecular weight excluding hydrogens is 163 g/mol. The SMILES string of the molecule is CC(CN)CON.Cl.Cl. The van der Waals surface area contributed by atoms with Crippen molar-refractivity contribution in [2.75, 3.05) is 13.2 Å². The summed E-state index contributed by atoms with van der Waals surface area (Å²) in [4.78, 5) is 4.31. The molecule has 9 heavy (non-hydrogen) atoms. The van der Waals surface area contributed by atoms with E-state index in [9.17, 15) is 0 Å². The molecule has 60 valence electrons. The molecule has 0 heterocycles. The molecule has 0 aliphatic heterocycles. The van der Waals surface area contributed by atoms with Crippen LogP contribution in [0, 0.1) is 5.92 Å². The molecule has 0 aromatic heterocycles. The Balaban J connectivity index is -0.000000180. The fourth-order valence-corrected chi connectivity index (χ4v) is 0.232. The Morgan fingerprint density at radius 2 is 1.89 bits per heavy atom. The van der Waals surface area contributed by atoms with Crippen molar-refractivity contribution in [1.29, 1.82) is 0 Å². The number of nitrogens with two attached hydrogens (primary N) is 2. The van der Waals surface area contributed by atoms with Gasteiger partial charge in [0.2, 0.25) is 0 Å². The lowest BCUT2D eigenvalue weighted by molar-refractivity contribution is 0.109. The molecule has 0 rings (SSSR count). The number of halogens is 2. The minimum atomic E-state index is 0. The van der Waals surface area contributed by atoms with E-state index < -0.39 is 0 Å². The maximum absolute atomic E-state index is 5.22. The third-order valence-electron chi connectivity index (χ3n) is 0.783. The molecule has 0 aliphatic carbocycles. The molecule has 0 saturated heterocycles. The average molecular weight is 177 g/mol.